The van der Waals surface area contributed by atoms with Gasteiger partial charge in [0.05, 0.1) is 5.56 Å². The van der Waals surface area contributed by atoms with Gasteiger partial charge in [0.25, 0.3) is 5.91 Å². The number of anilines is 1. The Hall–Kier alpha value is -1.75. The van der Waals surface area contributed by atoms with E-state index in [2.05, 4.69) is 16.0 Å². The van der Waals surface area contributed by atoms with E-state index in [1.165, 1.54) is 0 Å². The number of halogens is 1. The van der Waals surface area contributed by atoms with Crippen molar-refractivity contribution >= 4 is 29.1 Å². The lowest BCUT2D eigenvalue weighted by atomic mass is 10.1. The molecule has 0 unspecified atom stereocenters. The Morgan fingerprint density at radius 1 is 1.20 bits per heavy atom. The molecule has 0 spiro atoms. The highest BCUT2D eigenvalue weighted by Gasteiger charge is 2.11. The summed E-state index contributed by atoms with van der Waals surface area (Å²) in [7, 11) is 1.73. The number of hydrogen-bond donors (Lipinski definition) is 3. The van der Waals surface area contributed by atoms with E-state index in [0.717, 1.165) is 6.42 Å². The van der Waals surface area contributed by atoms with E-state index in [-0.39, 0.29) is 18.2 Å². The third-order valence-corrected chi connectivity index (χ3v) is 2.94. The minimum absolute atomic E-state index is 0.0629. The molecule has 5 nitrogen and oxygen atoms in total. The Morgan fingerprint density at radius 3 is 2.60 bits per heavy atom. The van der Waals surface area contributed by atoms with E-state index in [1.807, 2.05) is 6.92 Å². The predicted molar refractivity (Wildman–Crippen MR) is 81.2 cm³/mol. The molecule has 0 bridgehead atoms. The largest absolute Gasteiger partial charge is 0.387 e. The van der Waals surface area contributed by atoms with Crippen molar-refractivity contribution in [3.05, 3.63) is 28.8 Å². The van der Waals surface area contributed by atoms with Gasteiger partial charge in [-0.1, -0.05) is 18.5 Å². The Morgan fingerprint density at radius 2 is 1.95 bits per heavy atom. The number of hydrogen-bond acceptors (Lipinski definition) is 3. The van der Waals surface area contributed by atoms with Gasteiger partial charge in [-0.2, -0.15) is 0 Å². The van der Waals surface area contributed by atoms with Gasteiger partial charge < -0.3 is 16.0 Å². The van der Waals surface area contributed by atoms with Crippen LogP contribution in [0, 0.1) is 0 Å². The van der Waals surface area contributed by atoms with Gasteiger partial charge in [0.15, 0.2) is 0 Å². The first kappa shape index (κ1) is 16.3. The minimum Gasteiger partial charge on any atom is -0.387 e. The van der Waals surface area contributed by atoms with Crippen LogP contribution in [0.2, 0.25) is 5.02 Å². The van der Waals surface area contributed by atoms with Crippen molar-refractivity contribution in [3.63, 3.8) is 0 Å². The van der Waals surface area contributed by atoms with Gasteiger partial charge >= 0.3 is 0 Å². The molecule has 0 aliphatic rings. The molecule has 0 fully saturated rings. The second-order valence-electron chi connectivity index (χ2n) is 4.30. The van der Waals surface area contributed by atoms with Gasteiger partial charge in [0.2, 0.25) is 5.91 Å². The maximum atomic E-state index is 12.0. The maximum absolute atomic E-state index is 12.0. The van der Waals surface area contributed by atoms with Crippen molar-refractivity contribution in [3.8, 4) is 0 Å². The van der Waals surface area contributed by atoms with Gasteiger partial charge in [-0.15, -0.1) is 0 Å². The lowest BCUT2D eigenvalue weighted by Crippen LogP contribution is -2.31. The standard InChI is InChI=1S/C14H20ClN3O2/c1-3-7-17-13(19)6-8-18-14(20)11-9-10(15)4-5-12(11)16-2/h4-5,9,16H,3,6-8H2,1-2H3,(H,17,19)(H,18,20). The van der Waals surface area contributed by atoms with Crippen molar-refractivity contribution in [1.82, 2.24) is 10.6 Å². The molecule has 0 heterocycles. The first-order valence-corrected chi connectivity index (χ1v) is 6.98. The fourth-order valence-electron chi connectivity index (χ4n) is 1.66. The molecule has 0 saturated carbocycles. The normalized spacial score (nSPS) is 9.95. The Labute approximate surface area is 124 Å². The minimum atomic E-state index is -0.250. The van der Waals surface area contributed by atoms with E-state index in [0.29, 0.717) is 29.4 Å². The Kier molecular flexibility index (Phi) is 6.87. The summed E-state index contributed by atoms with van der Waals surface area (Å²) in [6.45, 7) is 2.94. The molecule has 3 N–H and O–H groups in total. The number of carbonyl (C=O) groups excluding carboxylic acids is 2. The molecular formula is C14H20ClN3O2. The second kappa shape index (κ2) is 8.43. The molecule has 0 aliphatic carbocycles. The van der Waals surface area contributed by atoms with Crippen LogP contribution in [0.4, 0.5) is 5.69 Å². The molecule has 0 aliphatic heterocycles. The zero-order valence-electron chi connectivity index (χ0n) is 11.8. The molecule has 0 saturated heterocycles. The van der Waals surface area contributed by atoms with Crippen molar-refractivity contribution in [2.24, 2.45) is 0 Å². The molecule has 1 aromatic rings. The van der Waals surface area contributed by atoms with Crippen LogP contribution in [-0.2, 0) is 4.79 Å². The van der Waals surface area contributed by atoms with E-state index >= 15 is 0 Å². The fourth-order valence-corrected chi connectivity index (χ4v) is 1.83. The van der Waals surface area contributed by atoms with Crippen LogP contribution in [0.5, 0.6) is 0 Å². The van der Waals surface area contributed by atoms with Gasteiger partial charge in [-0.05, 0) is 24.6 Å². The number of carbonyl (C=O) groups is 2. The molecule has 0 atom stereocenters. The lowest BCUT2D eigenvalue weighted by molar-refractivity contribution is -0.120. The average molecular weight is 298 g/mol. The predicted octanol–water partition coefficient (Wildman–Crippen LogP) is 2.03. The van der Waals surface area contributed by atoms with Crippen molar-refractivity contribution in [1.29, 1.82) is 0 Å². The van der Waals surface area contributed by atoms with Crippen LogP contribution in [0.25, 0.3) is 0 Å². The summed E-state index contributed by atoms with van der Waals surface area (Å²) in [4.78, 5) is 23.4. The maximum Gasteiger partial charge on any atom is 0.253 e. The summed E-state index contributed by atoms with van der Waals surface area (Å²) >= 11 is 5.89. The Bertz CT molecular complexity index is 477. The van der Waals surface area contributed by atoms with Gasteiger partial charge in [0, 0.05) is 37.3 Å². The number of amides is 2. The number of rotatable bonds is 7. The molecule has 110 valence electrons. The summed E-state index contributed by atoms with van der Waals surface area (Å²) in [5.41, 5.74) is 1.16. The highest BCUT2D eigenvalue weighted by Crippen LogP contribution is 2.20. The Balaban J connectivity index is 2.51. The molecular weight excluding hydrogens is 278 g/mol. The highest BCUT2D eigenvalue weighted by atomic mass is 35.5. The van der Waals surface area contributed by atoms with Crippen LogP contribution in [-0.4, -0.2) is 32.0 Å². The average Bonchev–Trinajstić information content (AvgIpc) is 2.44. The summed E-state index contributed by atoms with van der Waals surface area (Å²) in [5.74, 6) is -0.313. The molecule has 0 aromatic heterocycles. The van der Waals surface area contributed by atoms with Crippen LogP contribution >= 0.6 is 11.6 Å². The molecule has 1 aromatic carbocycles. The van der Waals surface area contributed by atoms with Crippen LogP contribution in [0.15, 0.2) is 18.2 Å². The van der Waals surface area contributed by atoms with Crippen molar-refractivity contribution in [2.75, 3.05) is 25.5 Å². The fraction of sp³-hybridized carbons (Fsp3) is 0.429. The second-order valence-corrected chi connectivity index (χ2v) is 4.73. The van der Waals surface area contributed by atoms with Crippen LogP contribution in [0.3, 0.4) is 0 Å². The first-order valence-electron chi connectivity index (χ1n) is 6.60. The summed E-state index contributed by atoms with van der Waals surface area (Å²) in [5, 5.41) is 8.89. The van der Waals surface area contributed by atoms with E-state index < -0.39 is 0 Å². The number of nitrogens with one attached hydrogen (secondary N) is 3. The van der Waals surface area contributed by atoms with E-state index in [1.54, 1.807) is 25.2 Å². The zero-order chi connectivity index (χ0) is 15.0. The topological polar surface area (TPSA) is 70.2 Å². The molecule has 1 rings (SSSR count). The van der Waals surface area contributed by atoms with Gasteiger partial charge in [-0.3, -0.25) is 9.59 Å². The van der Waals surface area contributed by atoms with Crippen molar-refractivity contribution in [2.45, 2.75) is 19.8 Å². The molecule has 2 amide bonds. The zero-order valence-corrected chi connectivity index (χ0v) is 12.5. The SMILES string of the molecule is CCCNC(=O)CCNC(=O)c1cc(Cl)ccc1NC. The van der Waals surface area contributed by atoms with E-state index in [4.69, 9.17) is 11.6 Å². The summed E-state index contributed by atoms with van der Waals surface area (Å²) < 4.78 is 0. The molecule has 0 radical (unpaired) electrons. The number of benzene rings is 1. The molecule has 20 heavy (non-hydrogen) atoms. The quantitative estimate of drug-likeness (QED) is 0.721. The highest BCUT2D eigenvalue weighted by molar-refractivity contribution is 6.31. The lowest BCUT2D eigenvalue weighted by Gasteiger charge is -2.10. The van der Waals surface area contributed by atoms with E-state index in [9.17, 15) is 9.59 Å². The summed E-state index contributed by atoms with van der Waals surface area (Å²) in [6.07, 6.45) is 1.16. The van der Waals surface area contributed by atoms with Gasteiger partial charge in [-0.25, -0.2) is 0 Å². The van der Waals surface area contributed by atoms with Crippen molar-refractivity contribution < 1.29 is 9.59 Å². The third kappa shape index (κ3) is 5.09. The van der Waals surface area contributed by atoms with Crippen LogP contribution < -0.4 is 16.0 Å². The van der Waals surface area contributed by atoms with Gasteiger partial charge in [0.1, 0.15) is 0 Å². The smallest absolute Gasteiger partial charge is 0.253 e. The van der Waals surface area contributed by atoms with Crippen LogP contribution in [0.1, 0.15) is 30.1 Å². The molecule has 6 heteroatoms. The first-order chi connectivity index (χ1) is 9.58. The monoisotopic (exact) mass is 297 g/mol. The third-order valence-electron chi connectivity index (χ3n) is 2.71. The summed E-state index contributed by atoms with van der Waals surface area (Å²) in [6, 6.07) is 5.05.